The van der Waals surface area contributed by atoms with Gasteiger partial charge in [0.25, 0.3) is 10.1 Å². The van der Waals surface area contributed by atoms with Crippen LogP contribution < -0.4 is 0 Å². The minimum atomic E-state index is -3.69. The normalized spacial score (nSPS) is 9.47. The highest BCUT2D eigenvalue weighted by atomic mass is 32.2. The van der Waals surface area contributed by atoms with Crippen LogP contribution in [0, 0.1) is 0 Å². The Labute approximate surface area is 106 Å². The molecule has 0 rings (SSSR count). The molecule has 0 atom stereocenters. The summed E-state index contributed by atoms with van der Waals surface area (Å²) >= 11 is 0. The number of unbranched alkanes of at least 4 members (excludes halogenated alkanes) is 3. The van der Waals surface area contributed by atoms with E-state index in [0.717, 1.165) is 25.7 Å². The number of allylic oxidation sites excluding steroid dienone is 1. The van der Waals surface area contributed by atoms with Gasteiger partial charge in [0.15, 0.2) is 0 Å². The summed E-state index contributed by atoms with van der Waals surface area (Å²) in [4.78, 5) is 0. The second-order valence-electron chi connectivity index (χ2n) is 3.46. The van der Waals surface area contributed by atoms with E-state index in [0.29, 0.717) is 6.42 Å². The Hall–Kier alpha value is -0.390. The average molecular weight is 267 g/mol. The largest absolute Gasteiger partial charge is 0.286 e. The molecule has 17 heavy (non-hydrogen) atoms. The second kappa shape index (κ2) is 18.0. The van der Waals surface area contributed by atoms with Gasteiger partial charge in [-0.25, -0.2) is 5.11 Å². The molecule has 0 saturated carbocycles. The van der Waals surface area contributed by atoms with Gasteiger partial charge >= 0.3 is 0 Å². The van der Waals surface area contributed by atoms with Gasteiger partial charge in [-0.15, -0.1) is 6.58 Å². The summed E-state index contributed by atoms with van der Waals surface area (Å²) in [5.74, 6) is -0.108. The standard InChI is InChI=1S/C5H11O.C4H10O3S.C3H6/c1-2-3-4-5-6;1-2-3-4-8(5,6)7;1-3-2/h2-5H2,1H3;2-4H2,1H3,(H,5,6,7);3H,1H2,2H3. The molecule has 0 aliphatic heterocycles. The van der Waals surface area contributed by atoms with Crippen LogP contribution in [0.25, 0.3) is 0 Å². The Morgan fingerprint density at radius 3 is 1.65 bits per heavy atom. The third kappa shape index (κ3) is 49.9. The van der Waals surface area contributed by atoms with Gasteiger partial charge in [-0.2, -0.15) is 8.42 Å². The van der Waals surface area contributed by atoms with E-state index in [1.165, 1.54) is 0 Å². The molecule has 4 nitrogen and oxygen atoms in total. The lowest BCUT2D eigenvalue weighted by Crippen LogP contribution is -2.02. The summed E-state index contributed by atoms with van der Waals surface area (Å²) in [7, 11) is -3.69. The molecule has 0 aromatic carbocycles. The van der Waals surface area contributed by atoms with E-state index in [9.17, 15) is 13.5 Å². The van der Waals surface area contributed by atoms with Crippen molar-refractivity contribution in [1.29, 1.82) is 0 Å². The first-order chi connectivity index (χ1) is 7.89. The molecule has 0 saturated heterocycles. The van der Waals surface area contributed by atoms with Crippen LogP contribution in [0.1, 0.15) is 52.9 Å². The van der Waals surface area contributed by atoms with E-state index < -0.39 is 10.1 Å². The Bertz CT molecular complexity index is 219. The Morgan fingerprint density at radius 2 is 1.53 bits per heavy atom. The van der Waals surface area contributed by atoms with Crippen LogP contribution in [0.5, 0.6) is 0 Å². The molecule has 1 N–H and O–H groups in total. The maximum atomic E-state index is 9.95. The van der Waals surface area contributed by atoms with Crippen molar-refractivity contribution in [1.82, 2.24) is 0 Å². The van der Waals surface area contributed by atoms with E-state index >= 15 is 0 Å². The fourth-order valence-electron chi connectivity index (χ4n) is 0.679. The molecule has 105 valence electrons. The maximum Gasteiger partial charge on any atom is 0.264 e. The molecule has 0 unspecified atom stereocenters. The number of rotatable bonds is 6. The van der Waals surface area contributed by atoms with Crippen LogP contribution in [-0.2, 0) is 15.2 Å². The molecule has 1 radical (unpaired) electrons. The average Bonchev–Trinajstić information content (AvgIpc) is 2.24. The second-order valence-corrected chi connectivity index (χ2v) is 5.03. The van der Waals surface area contributed by atoms with E-state index in [-0.39, 0.29) is 12.4 Å². The van der Waals surface area contributed by atoms with Crippen molar-refractivity contribution in [3.63, 3.8) is 0 Å². The molecule has 5 heteroatoms. The van der Waals surface area contributed by atoms with Crippen molar-refractivity contribution in [2.75, 3.05) is 12.4 Å². The molecule has 0 spiro atoms. The highest BCUT2D eigenvalue weighted by Crippen LogP contribution is 1.91. The molecule has 0 aromatic heterocycles. The summed E-state index contributed by atoms with van der Waals surface area (Å²) in [6.07, 6.45) is 6.20. The van der Waals surface area contributed by atoms with Gasteiger partial charge in [-0.05, 0) is 19.8 Å². The maximum absolute atomic E-state index is 9.95. The van der Waals surface area contributed by atoms with E-state index in [4.69, 9.17) is 4.55 Å². The zero-order valence-corrected chi connectivity index (χ0v) is 12.1. The molecular weight excluding hydrogens is 240 g/mol. The fraction of sp³-hybridized carbons (Fsp3) is 0.833. The molecule has 0 fully saturated rings. The van der Waals surface area contributed by atoms with Gasteiger partial charge in [-0.3, -0.25) is 4.55 Å². The van der Waals surface area contributed by atoms with Gasteiger partial charge in [0, 0.05) is 0 Å². The van der Waals surface area contributed by atoms with Crippen molar-refractivity contribution >= 4 is 10.1 Å². The van der Waals surface area contributed by atoms with Crippen molar-refractivity contribution < 1.29 is 18.1 Å². The summed E-state index contributed by atoms with van der Waals surface area (Å²) in [5, 5.41) is 9.69. The molecule has 0 aliphatic carbocycles. The predicted molar refractivity (Wildman–Crippen MR) is 72.3 cm³/mol. The molecule has 0 aromatic rings. The van der Waals surface area contributed by atoms with E-state index in [1.54, 1.807) is 6.08 Å². The summed E-state index contributed by atoms with van der Waals surface area (Å²) in [6, 6.07) is 0. The first kappa shape index (κ1) is 21.9. The van der Waals surface area contributed by atoms with Gasteiger partial charge in [0.1, 0.15) is 0 Å². The van der Waals surface area contributed by atoms with Gasteiger partial charge in [0.05, 0.1) is 12.4 Å². The quantitative estimate of drug-likeness (QED) is 0.455. The monoisotopic (exact) mass is 267 g/mol. The third-order valence-corrected chi connectivity index (χ3v) is 2.31. The topological polar surface area (TPSA) is 74.3 Å². The minimum absolute atomic E-state index is 0.105. The highest BCUT2D eigenvalue weighted by Gasteiger charge is 2.00. The van der Waals surface area contributed by atoms with Crippen LogP contribution in [0.2, 0.25) is 0 Å². The van der Waals surface area contributed by atoms with Crippen LogP contribution in [0.3, 0.4) is 0 Å². The molecule has 0 amide bonds. The van der Waals surface area contributed by atoms with Crippen LogP contribution in [0.4, 0.5) is 0 Å². The Balaban J connectivity index is -0.000000193. The molecular formula is C12H27O4S. The first-order valence-electron chi connectivity index (χ1n) is 5.99. The van der Waals surface area contributed by atoms with Crippen molar-refractivity contribution in [3.8, 4) is 0 Å². The van der Waals surface area contributed by atoms with Gasteiger partial charge in [-0.1, -0.05) is 39.2 Å². The highest BCUT2D eigenvalue weighted by molar-refractivity contribution is 7.85. The lowest BCUT2D eigenvalue weighted by molar-refractivity contribution is 0.186. The molecule has 0 heterocycles. The lowest BCUT2D eigenvalue weighted by Gasteiger charge is -1.90. The summed E-state index contributed by atoms with van der Waals surface area (Å²) in [6.45, 7) is 9.31. The smallest absolute Gasteiger partial charge is 0.264 e. The number of hydrogen-bond acceptors (Lipinski definition) is 2. The van der Waals surface area contributed by atoms with Crippen molar-refractivity contribution in [2.45, 2.75) is 52.9 Å². The summed E-state index contributed by atoms with van der Waals surface area (Å²) < 4.78 is 28.0. The first-order valence-corrected chi connectivity index (χ1v) is 7.60. The fourth-order valence-corrected chi connectivity index (χ4v) is 1.33. The lowest BCUT2D eigenvalue weighted by atomic mass is 10.3. The summed E-state index contributed by atoms with van der Waals surface area (Å²) in [5.41, 5.74) is 0. The number of hydrogen-bond donors (Lipinski definition) is 1. The SMILES string of the molecule is C=CC.CCCCC[O].CCCCS(=O)(=O)O. The minimum Gasteiger partial charge on any atom is -0.286 e. The van der Waals surface area contributed by atoms with Gasteiger partial charge in [0.2, 0.25) is 0 Å². The molecule has 0 bridgehead atoms. The van der Waals surface area contributed by atoms with Gasteiger partial charge < -0.3 is 0 Å². The third-order valence-electron chi connectivity index (χ3n) is 1.50. The van der Waals surface area contributed by atoms with Crippen molar-refractivity contribution in [3.05, 3.63) is 12.7 Å². The zero-order valence-electron chi connectivity index (χ0n) is 11.3. The van der Waals surface area contributed by atoms with E-state index in [2.05, 4.69) is 13.5 Å². The zero-order chi connectivity index (χ0) is 14.2. The van der Waals surface area contributed by atoms with Crippen molar-refractivity contribution in [2.24, 2.45) is 0 Å². The van der Waals surface area contributed by atoms with Crippen LogP contribution in [0.15, 0.2) is 12.7 Å². The van der Waals surface area contributed by atoms with Crippen LogP contribution in [-0.4, -0.2) is 25.3 Å². The van der Waals surface area contributed by atoms with Crippen LogP contribution >= 0.6 is 0 Å². The Kier molecular flexibility index (Phi) is 23.1. The Morgan fingerprint density at radius 1 is 1.12 bits per heavy atom. The van der Waals surface area contributed by atoms with E-state index in [1.807, 2.05) is 13.8 Å². The molecule has 0 aliphatic rings. The predicted octanol–water partition coefficient (Wildman–Crippen LogP) is 3.47.